The van der Waals surface area contributed by atoms with Crippen molar-refractivity contribution < 1.29 is 0 Å². The van der Waals surface area contributed by atoms with Crippen LogP contribution in [0.15, 0.2) is 36.5 Å². The zero-order valence-electron chi connectivity index (χ0n) is 13.2. The highest BCUT2D eigenvalue weighted by Crippen LogP contribution is 2.19. The Labute approximate surface area is 131 Å². The van der Waals surface area contributed by atoms with Gasteiger partial charge in [0.1, 0.15) is 11.6 Å². The van der Waals surface area contributed by atoms with Crippen molar-refractivity contribution in [1.82, 2.24) is 15.0 Å². The molecule has 0 aliphatic rings. The lowest BCUT2D eigenvalue weighted by molar-refractivity contribution is 0.856. The van der Waals surface area contributed by atoms with Crippen molar-refractivity contribution in [3.8, 4) is 0 Å². The highest BCUT2D eigenvalue weighted by atomic mass is 15.0. The summed E-state index contributed by atoms with van der Waals surface area (Å²) in [6.45, 7) is 4.97. The van der Waals surface area contributed by atoms with Crippen LogP contribution in [0.4, 0.5) is 5.82 Å². The van der Waals surface area contributed by atoms with E-state index < -0.39 is 0 Å². The maximum Gasteiger partial charge on any atom is 0.129 e. The predicted octanol–water partition coefficient (Wildman–Crippen LogP) is 3.87. The van der Waals surface area contributed by atoms with Crippen LogP contribution in [-0.4, -0.2) is 21.5 Å². The Bertz CT molecular complexity index is 761. The topological polar surface area (TPSA) is 53.6 Å². The van der Waals surface area contributed by atoms with E-state index in [1.165, 1.54) is 16.5 Å². The molecule has 0 atom stereocenters. The largest absolute Gasteiger partial charge is 0.370 e. The minimum atomic E-state index is 0.832. The van der Waals surface area contributed by atoms with Crippen molar-refractivity contribution in [3.05, 3.63) is 53.6 Å². The van der Waals surface area contributed by atoms with Gasteiger partial charge in [0.15, 0.2) is 0 Å². The Balaban J connectivity index is 1.56. The summed E-state index contributed by atoms with van der Waals surface area (Å²) in [5.41, 5.74) is 3.68. The molecule has 0 saturated carbocycles. The van der Waals surface area contributed by atoms with E-state index in [1.54, 1.807) is 0 Å². The van der Waals surface area contributed by atoms with Crippen molar-refractivity contribution in [2.24, 2.45) is 0 Å². The van der Waals surface area contributed by atoms with Gasteiger partial charge in [0.2, 0.25) is 0 Å². The summed E-state index contributed by atoms with van der Waals surface area (Å²) in [7, 11) is 0. The number of rotatable bonds is 6. The first kappa shape index (κ1) is 14.6. The molecule has 114 valence electrons. The Morgan fingerprint density at radius 2 is 2.05 bits per heavy atom. The number of fused-ring (bicyclic) bond motifs is 1. The molecule has 4 heteroatoms. The smallest absolute Gasteiger partial charge is 0.129 e. The van der Waals surface area contributed by atoms with Crippen LogP contribution in [0.5, 0.6) is 0 Å². The number of benzene rings is 1. The lowest BCUT2D eigenvalue weighted by Gasteiger charge is -2.07. The number of aromatic nitrogens is 3. The zero-order valence-corrected chi connectivity index (χ0v) is 13.2. The van der Waals surface area contributed by atoms with Crippen molar-refractivity contribution in [3.63, 3.8) is 0 Å². The molecule has 4 nitrogen and oxygen atoms in total. The van der Waals surface area contributed by atoms with E-state index >= 15 is 0 Å². The van der Waals surface area contributed by atoms with E-state index in [0.29, 0.717) is 0 Å². The quantitative estimate of drug-likeness (QED) is 0.678. The fourth-order valence-corrected chi connectivity index (χ4v) is 2.73. The summed E-state index contributed by atoms with van der Waals surface area (Å²) in [5, 5.41) is 4.74. The van der Waals surface area contributed by atoms with E-state index in [1.807, 2.05) is 13.0 Å². The molecule has 2 heterocycles. The van der Waals surface area contributed by atoms with Gasteiger partial charge < -0.3 is 10.3 Å². The first-order valence-corrected chi connectivity index (χ1v) is 7.89. The molecule has 2 N–H and O–H groups in total. The second-order valence-corrected chi connectivity index (χ2v) is 5.54. The number of nitrogens with zero attached hydrogens (tertiary/aromatic N) is 2. The van der Waals surface area contributed by atoms with Gasteiger partial charge in [-0.15, -0.1) is 0 Å². The van der Waals surface area contributed by atoms with Gasteiger partial charge in [-0.25, -0.2) is 9.97 Å². The predicted molar refractivity (Wildman–Crippen MR) is 91.3 cm³/mol. The third kappa shape index (κ3) is 3.27. The fourth-order valence-electron chi connectivity index (χ4n) is 2.73. The Morgan fingerprint density at radius 1 is 1.18 bits per heavy atom. The average Bonchev–Trinajstić information content (AvgIpc) is 2.94. The van der Waals surface area contributed by atoms with Crippen LogP contribution >= 0.6 is 0 Å². The third-order valence-electron chi connectivity index (χ3n) is 3.86. The molecule has 3 aromatic rings. The van der Waals surface area contributed by atoms with Crippen molar-refractivity contribution in [2.75, 3.05) is 11.9 Å². The van der Waals surface area contributed by atoms with Gasteiger partial charge in [0.25, 0.3) is 0 Å². The first-order chi connectivity index (χ1) is 10.8. The van der Waals surface area contributed by atoms with Crippen molar-refractivity contribution in [2.45, 2.75) is 33.1 Å². The Hall–Kier alpha value is -2.36. The number of anilines is 1. The number of aromatic amines is 1. The molecule has 0 radical (unpaired) electrons. The molecule has 0 saturated heterocycles. The maximum absolute atomic E-state index is 4.44. The first-order valence-electron chi connectivity index (χ1n) is 7.89. The maximum atomic E-state index is 4.44. The normalized spacial score (nSPS) is 11.0. The summed E-state index contributed by atoms with van der Waals surface area (Å²) in [6.07, 6.45) is 5.19. The summed E-state index contributed by atoms with van der Waals surface area (Å²) in [5.74, 6) is 1.77. The Kier molecular flexibility index (Phi) is 4.37. The summed E-state index contributed by atoms with van der Waals surface area (Å²) >= 11 is 0. The highest BCUT2D eigenvalue weighted by Gasteiger charge is 2.03. The lowest BCUT2D eigenvalue weighted by Crippen LogP contribution is -2.07. The van der Waals surface area contributed by atoms with Crippen LogP contribution in [-0.2, 0) is 12.8 Å². The summed E-state index contributed by atoms with van der Waals surface area (Å²) in [6, 6.07) is 10.5. The van der Waals surface area contributed by atoms with E-state index in [0.717, 1.165) is 43.1 Å². The van der Waals surface area contributed by atoms with Crippen LogP contribution in [0, 0.1) is 6.92 Å². The van der Waals surface area contributed by atoms with Crippen LogP contribution < -0.4 is 5.32 Å². The number of hydrogen-bond donors (Lipinski definition) is 2. The molecule has 1 aromatic carbocycles. The second kappa shape index (κ2) is 6.60. The molecule has 3 rings (SSSR count). The van der Waals surface area contributed by atoms with E-state index in [4.69, 9.17) is 0 Å². The number of aryl methyl sites for hydroxylation is 3. The number of para-hydroxylation sites is 1. The minimum Gasteiger partial charge on any atom is -0.370 e. The van der Waals surface area contributed by atoms with Crippen LogP contribution in [0.2, 0.25) is 0 Å². The van der Waals surface area contributed by atoms with E-state index in [-0.39, 0.29) is 0 Å². The van der Waals surface area contributed by atoms with Gasteiger partial charge >= 0.3 is 0 Å². The average molecular weight is 294 g/mol. The van der Waals surface area contributed by atoms with Gasteiger partial charge in [-0.2, -0.15) is 0 Å². The molecule has 22 heavy (non-hydrogen) atoms. The number of nitrogens with one attached hydrogen (secondary N) is 2. The van der Waals surface area contributed by atoms with Gasteiger partial charge in [-0.3, -0.25) is 0 Å². The molecular formula is C18H22N4. The van der Waals surface area contributed by atoms with Gasteiger partial charge in [-0.05, 0) is 37.8 Å². The monoisotopic (exact) mass is 294 g/mol. The molecule has 0 amide bonds. The van der Waals surface area contributed by atoms with E-state index in [9.17, 15) is 0 Å². The SMILES string of the molecule is CCc1cc(NCCCc2c[nH]c3ccccc23)nc(C)n1. The molecule has 0 spiro atoms. The molecule has 0 aliphatic carbocycles. The number of hydrogen-bond acceptors (Lipinski definition) is 3. The molecular weight excluding hydrogens is 272 g/mol. The summed E-state index contributed by atoms with van der Waals surface area (Å²) < 4.78 is 0. The van der Waals surface area contributed by atoms with Gasteiger partial charge in [-0.1, -0.05) is 25.1 Å². The lowest BCUT2D eigenvalue weighted by atomic mass is 10.1. The van der Waals surface area contributed by atoms with E-state index in [2.05, 4.69) is 57.7 Å². The van der Waals surface area contributed by atoms with Crippen LogP contribution in [0.3, 0.4) is 0 Å². The molecule has 2 aromatic heterocycles. The molecule has 0 bridgehead atoms. The van der Waals surface area contributed by atoms with Gasteiger partial charge in [0, 0.05) is 35.4 Å². The minimum absolute atomic E-state index is 0.832. The third-order valence-corrected chi connectivity index (χ3v) is 3.86. The van der Waals surface area contributed by atoms with Crippen LogP contribution in [0.1, 0.15) is 30.4 Å². The highest BCUT2D eigenvalue weighted by molar-refractivity contribution is 5.82. The van der Waals surface area contributed by atoms with Crippen LogP contribution in [0.25, 0.3) is 10.9 Å². The Morgan fingerprint density at radius 3 is 2.91 bits per heavy atom. The molecule has 0 unspecified atom stereocenters. The van der Waals surface area contributed by atoms with Crippen molar-refractivity contribution >= 4 is 16.7 Å². The van der Waals surface area contributed by atoms with Crippen molar-refractivity contribution in [1.29, 1.82) is 0 Å². The fraction of sp³-hybridized carbons (Fsp3) is 0.333. The molecule has 0 aliphatic heterocycles. The van der Waals surface area contributed by atoms with Gasteiger partial charge in [0.05, 0.1) is 0 Å². The molecule has 0 fully saturated rings. The summed E-state index contributed by atoms with van der Waals surface area (Å²) in [4.78, 5) is 12.2. The standard InChI is InChI=1S/C18H22N4/c1-3-15-11-18(22-13(2)21-15)19-10-6-7-14-12-20-17-9-5-4-8-16(14)17/h4-5,8-9,11-12,20H,3,6-7,10H2,1-2H3,(H,19,21,22). The second-order valence-electron chi connectivity index (χ2n) is 5.54. The zero-order chi connectivity index (χ0) is 15.4. The number of H-pyrrole nitrogens is 1.